The number of pyridine rings is 1. The van der Waals surface area contributed by atoms with E-state index in [-0.39, 0.29) is 29.0 Å². The van der Waals surface area contributed by atoms with E-state index < -0.39 is 12.0 Å². The lowest BCUT2D eigenvalue weighted by molar-refractivity contribution is -0.117. The second kappa shape index (κ2) is 7.57. The molecule has 0 aliphatic carbocycles. The van der Waals surface area contributed by atoms with Crippen molar-refractivity contribution in [3.8, 4) is 0 Å². The molecule has 0 aromatic carbocycles. The van der Waals surface area contributed by atoms with Gasteiger partial charge in [0.15, 0.2) is 5.69 Å². The number of carboxylic acid groups (broad SMARTS) is 1. The molecule has 3 aromatic heterocycles. The van der Waals surface area contributed by atoms with E-state index in [9.17, 15) is 14.4 Å². The summed E-state index contributed by atoms with van der Waals surface area (Å²) in [5.41, 5.74) is 0.768. The fourth-order valence-corrected chi connectivity index (χ4v) is 4.75. The van der Waals surface area contributed by atoms with Gasteiger partial charge in [-0.25, -0.2) is 14.8 Å². The van der Waals surface area contributed by atoms with Gasteiger partial charge in [-0.1, -0.05) is 11.6 Å². The zero-order chi connectivity index (χ0) is 20.7. The van der Waals surface area contributed by atoms with Crippen LogP contribution in [0.25, 0.3) is 5.65 Å². The number of hydrogen-bond acceptors (Lipinski definition) is 6. The molecule has 29 heavy (non-hydrogen) atoms. The first kappa shape index (κ1) is 19.5. The molecule has 0 spiro atoms. The average Bonchev–Trinajstić information content (AvgIpc) is 3.37. The number of thiazole rings is 1. The number of aromatic carboxylic acids is 1. The molecule has 1 amide bonds. The minimum Gasteiger partial charge on any atom is -0.476 e. The topological polar surface area (TPSA) is 105 Å². The Hall–Kier alpha value is -2.78. The minimum absolute atomic E-state index is 0.00916. The standard InChI is InChI=1S/C19H17ClN4O4S/c1-10(25)4-11-5-15(17-22-14(9-29-17)19(27)28)24(7-11)18(26)13-8-23-3-2-12(20)6-16(23)21-13/h2-3,6,8-9,11,15H,4-5,7H2,1H3,(H,27,28)/t11-,15-/m1/s1. The van der Waals surface area contributed by atoms with Gasteiger partial charge in [0.1, 0.15) is 22.1 Å². The Morgan fingerprint density at radius 1 is 1.31 bits per heavy atom. The first-order chi connectivity index (χ1) is 13.8. The second-order valence-electron chi connectivity index (χ2n) is 7.09. The van der Waals surface area contributed by atoms with Gasteiger partial charge in [0.2, 0.25) is 0 Å². The molecule has 1 fully saturated rings. The quantitative estimate of drug-likeness (QED) is 0.663. The van der Waals surface area contributed by atoms with Gasteiger partial charge in [0, 0.05) is 41.8 Å². The fourth-order valence-electron chi connectivity index (χ4n) is 3.68. The highest BCUT2D eigenvalue weighted by Crippen LogP contribution is 2.39. The Morgan fingerprint density at radius 3 is 2.79 bits per heavy atom. The molecule has 2 atom stereocenters. The number of aromatic nitrogens is 3. The van der Waals surface area contributed by atoms with E-state index in [1.165, 1.54) is 23.6 Å². The maximum absolute atomic E-state index is 13.2. The van der Waals surface area contributed by atoms with Crippen molar-refractivity contribution in [1.82, 2.24) is 19.3 Å². The summed E-state index contributed by atoms with van der Waals surface area (Å²) in [6.45, 7) is 1.91. The molecule has 10 heteroatoms. The van der Waals surface area contributed by atoms with Gasteiger partial charge >= 0.3 is 5.97 Å². The first-order valence-electron chi connectivity index (χ1n) is 8.95. The van der Waals surface area contributed by atoms with Gasteiger partial charge in [-0.15, -0.1) is 11.3 Å². The van der Waals surface area contributed by atoms with E-state index in [1.807, 2.05) is 0 Å². The summed E-state index contributed by atoms with van der Waals surface area (Å²) < 4.78 is 1.71. The highest BCUT2D eigenvalue weighted by molar-refractivity contribution is 7.09. The van der Waals surface area contributed by atoms with Crippen molar-refractivity contribution in [2.24, 2.45) is 5.92 Å². The molecule has 1 saturated heterocycles. The number of ketones is 1. The number of hydrogen-bond donors (Lipinski definition) is 1. The van der Waals surface area contributed by atoms with Crippen LogP contribution in [0.15, 0.2) is 29.9 Å². The monoisotopic (exact) mass is 432 g/mol. The van der Waals surface area contributed by atoms with Gasteiger partial charge in [-0.3, -0.25) is 4.79 Å². The van der Waals surface area contributed by atoms with E-state index in [1.54, 1.807) is 33.8 Å². The van der Waals surface area contributed by atoms with Crippen LogP contribution in [-0.2, 0) is 4.79 Å². The molecule has 1 N–H and O–H groups in total. The largest absolute Gasteiger partial charge is 0.476 e. The van der Waals surface area contributed by atoms with Crippen LogP contribution in [0.1, 0.15) is 51.8 Å². The van der Waals surface area contributed by atoms with E-state index in [0.717, 1.165) is 0 Å². The van der Waals surface area contributed by atoms with Crippen molar-refractivity contribution in [3.63, 3.8) is 0 Å². The van der Waals surface area contributed by atoms with Gasteiger partial charge in [-0.05, 0) is 25.3 Å². The predicted molar refractivity (Wildman–Crippen MR) is 106 cm³/mol. The minimum atomic E-state index is -1.11. The van der Waals surface area contributed by atoms with Gasteiger partial charge in [-0.2, -0.15) is 0 Å². The maximum Gasteiger partial charge on any atom is 0.355 e. The van der Waals surface area contributed by atoms with Gasteiger partial charge in [0.05, 0.1) is 6.04 Å². The third kappa shape index (κ3) is 3.88. The molecule has 150 valence electrons. The number of imidazole rings is 1. The molecule has 3 aromatic rings. The molecule has 1 aliphatic rings. The second-order valence-corrected chi connectivity index (χ2v) is 8.42. The van der Waals surface area contributed by atoms with Crippen LogP contribution in [0, 0.1) is 5.92 Å². The van der Waals surface area contributed by atoms with Gasteiger partial charge < -0.3 is 19.2 Å². The van der Waals surface area contributed by atoms with Crippen LogP contribution in [-0.4, -0.2) is 48.6 Å². The summed E-state index contributed by atoms with van der Waals surface area (Å²) in [6, 6.07) is 2.98. The van der Waals surface area contributed by atoms with E-state index in [0.29, 0.717) is 35.1 Å². The number of rotatable bonds is 5. The first-order valence-corrected chi connectivity index (χ1v) is 10.2. The molecular formula is C19H17ClN4O4S. The van der Waals surface area contributed by atoms with Crippen LogP contribution >= 0.6 is 22.9 Å². The lowest BCUT2D eigenvalue weighted by Crippen LogP contribution is -2.31. The highest BCUT2D eigenvalue weighted by Gasteiger charge is 2.39. The van der Waals surface area contributed by atoms with Crippen LogP contribution < -0.4 is 0 Å². The predicted octanol–water partition coefficient (Wildman–Crippen LogP) is 3.32. The number of carboxylic acids is 1. The molecule has 0 unspecified atom stereocenters. The summed E-state index contributed by atoms with van der Waals surface area (Å²) in [5, 5.41) is 11.7. The Morgan fingerprint density at radius 2 is 2.10 bits per heavy atom. The molecule has 8 nitrogen and oxygen atoms in total. The summed E-state index contributed by atoms with van der Waals surface area (Å²) in [4.78, 5) is 46.3. The fraction of sp³-hybridized carbons (Fsp3) is 0.316. The number of carbonyl (C=O) groups is 3. The van der Waals surface area contributed by atoms with Crippen molar-refractivity contribution in [3.05, 3.63) is 51.3 Å². The number of fused-ring (bicyclic) bond motifs is 1. The van der Waals surface area contributed by atoms with Crippen molar-refractivity contribution in [1.29, 1.82) is 0 Å². The molecule has 4 rings (SSSR count). The van der Waals surface area contributed by atoms with Gasteiger partial charge in [0.25, 0.3) is 5.91 Å². The molecule has 0 saturated carbocycles. The van der Waals surface area contributed by atoms with Crippen molar-refractivity contribution in [2.75, 3.05) is 6.54 Å². The molecule has 1 aliphatic heterocycles. The van der Waals surface area contributed by atoms with Crippen LogP contribution in [0.5, 0.6) is 0 Å². The number of nitrogens with zero attached hydrogens (tertiary/aromatic N) is 4. The molecule has 0 radical (unpaired) electrons. The summed E-state index contributed by atoms with van der Waals surface area (Å²) in [7, 11) is 0. The van der Waals surface area contributed by atoms with Crippen LogP contribution in [0.2, 0.25) is 5.02 Å². The van der Waals surface area contributed by atoms with Crippen LogP contribution in [0.3, 0.4) is 0 Å². The van der Waals surface area contributed by atoms with E-state index in [4.69, 9.17) is 16.7 Å². The third-order valence-corrected chi connectivity index (χ3v) is 6.07. The number of halogens is 1. The van der Waals surface area contributed by atoms with E-state index >= 15 is 0 Å². The number of carbonyl (C=O) groups excluding carboxylic acids is 2. The molecular weight excluding hydrogens is 416 g/mol. The van der Waals surface area contributed by atoms with E-state index in [2.05, 4.69) is 9.97 Å². The Kier molecular flexibility index (Phi) is 5.10. The number of likely N-dealkylation sites (tertiary alicyclic amines) is 1. The lowest BCUT2D eigenvalue weighted by atomic mass is 10.00. The number of amides is 1. The third-order valence-electron chi connectivity index (χ3n) is 4.89. The normalized spacial score (nSPS) is 19.0. The summed E-state index contributed by atoms with van der Waals surface area (Å²) in [6.07, 6.45) is 4.27. The SMILES string of the molecule is CC(=O)C[C@@H]1C[C@H](c2nc(C(=O)O)cs2)N(C(=O)c2cn3ccc(Cl)cc3n2)C1. The zero-order valence-electron chi connectivity index (χ0n) is 15.4. The van der Waals surface area contributed by atoms with Crippen molar-refractivity contribution < 1.29 is 19.5 Å². The lowest BCUT2D eigenvalue weighted by Gasteiger charge is -2.22. The Balaban J connectivity index is 1.67. The molecule has 0 bridgehead atoms. The highest BCUT2D eigenvalue weighted by atomic mass is 35.5. The summed E-state index contributed by atoms with van der Waals surface area (Å²) in [5.74, 6) is -1.35. The zero-order valence-corrected chi connectivity index (χ0v) is 17.0. The van der Waals surface area contributed by atoms with Crippen molar-refractivity contribution >= 4 is 46.2 Å². The number of Topliss-reactive ketones (excluding diaryl/α,β-unsaturated/α-hetero) is 1. The summed E-state index contributed by atoms with van der Waals surface area (Å²) >= 11 is 7.20. The average molecular weight is 433 g/mol. The molecule has 4 heterocycles. The van der Waals surface area contributed by atoms with Crippen LogP contribution in [0.4, 0.5) is 0 Å². The Bertz CT molecular complexity index is 1120. The van der Waals surface area contributed by atoms with Crippen molar-refractivity contribution in [2.45, 2.75) is 25.8 Å². The smallest absolute Gasteiger partial charge is 0.355 e. The Labute approximate surface area is 174 Å². The maximum atomic E-state index is 13.2.